The molecule has 0 heterocycles. The lowest BCUT2D eigenvalue weighted by atomic mass is 10.1. The number of anilines is 1. The molecule has 0 aliphatic heterocycles. The standard InChI is InChI=1S/C13H16Cl2N2O2/c1-8(19)16-13-11(14)5-9(6-12(13)15)4-10(7-18)17(2)3/h5-7,10H,4H2,1-3H3,(H,16,19). The molecule has 1 rings (SSSR count). The van der Waals surface area contributed by atoms with Crippen LogP contribution < -0.4 is 5.32 Å². The minimum absolute atomic E-state index is 0.237. The van der Waals surface area contributed by atoms with E-state index in [0.717, 1.165) is 11.8 Å². The summed E-state index contributed by atoms with van der Waals surface area (Å²) in [5, 5.41) is 3.30. The molecule has 0 saturated carbocycles. The summed E-state index contributed by atoms with van der Waals surface area (Å²) < 4.78 is 0. The fraction of sp³-hybridized carbons (Fsp3) is 0.385. The van der Waals surface area contributed by atoms with Crippen LogP contribution in [0.25, 0.3) is 0 Å². The van der Waals surface area contributed by atoms with Crippen molar-refractivity contribution in [2.24, 2.45) is 0 Å². The monoisotopic (exact) mass is 302 g/mol. The van der Waals surface area contributed by atoms with Crippen LogP contribution in [0.1, 0.15) is 12.5 Å². The number of halogens is 2. The van der Waals surface area contributed by atoms with Gasteiger partial charge in [0, 0.05) is 6.92 Å². The van der Waals surface area contributed by atoms with Gasteiger partial charge in [-0.2, -0.15) is 0 Å². The van der Waals surface area contributed by atoms with E-state index in [9.17, 15) is 9.59 Å². The van der Waals surface area contributed by atoms with Gasteiger partial charge >= 0.3 is 0 Å². The Labute approximate surface area is 122 Å². The smallest absolute Gasteiger partial charge is 0.221 e. The fourth-order valence-corrected chi connectivity index (χ4v) is 2.26. The highest BCUT2D eigenvalue weighted by Crippen LogP contribution is 2.32. The van der Waals surface area contributed by atoms with Gasteiger partial charge in [0.05, 0.1) is 21.8 Å². The van der Waals surface area contributed by atoms with Crippen molar-refractivity contribution in [3.63, 3.8) is 0 Å². The third kappa shape index (κ3) is 4.49. The van der Waals surface area contributed by atoms with E-state index in [1.807, 2.05) is 19.0 Å². The van der Waals surface area contributed by atoms with Crippen molar-refractivity contribution in [2.45, 2.75) is 19.4 Å². The molecular formula is C13H16Cl2N2O2. The van der Waals surface area contributed by atoms with Crippen LogP contribution in [-0.2, 0) is 16.0 Å². The summed E-state index contributed by atoms with van der Waals surface area (Å²) in [5.74, 6) is -0.240. The molecule has 0 radical (unpaired) electrons. The van der Waals surface area contributed by atoms with Crippen LogP contribution in [0.4, 0.5) is 5.69 Å². The van der Waals surface area contributed by atoms with Gasteiger partial charge < -0.3 is 10.1 Å². The lowest BCUT2D eigenvalue weighted by Gasteiger charge is -2.19. The largest absolute Gasteiger partial charge is 0.324 e. The number of nitrogens with zero attached hydrogens (tertiary/aromatic N) is 1. The molecule has 1 amide bonds. The molecule has 6 heteroatoms. The highest BCUT2D eigenvalue weighted by atomic mass is 35.5. The van der Waals surface area contributed by atoms with E-state index >= 15 is 0 Å². The van der Waals surface area contributed by atoms with Crippen LogP contribution in [0, 0.1) is 0 Å². The first kappa shape index (κ1) is 16.0. The zero-order chi connectivity index (χ0) is 14.6. The lowest BCUT2D eigenvalue weighted by Crippen LogP contribution is -2.31. The number of amides is 1. The van der Waals surface area contributed by atoms with Gasteiger partial charge in [-0.05, 0) is 38.2 Å². The van der Waals surface area contributed by atoms with E-state index in [4.69, 9.17) is 23.2 Å². The molecule has 1 unspecified atom stereocenters. The van der Waals surface area contributed by atoms with Crippen LogP contribution >= 0.6 is 23.2 Å². The van der Waals surface area contributed by atoms with Gasteiger partial charge in [0.15, 0.2) is 0 Å². The van der Waals surface area contributed by atoms with Crippen LogP contribution in [0.5, 0.6) is 0 Å². The molecule has 0 spiro atoms. The second-order valence-corrected chi connectivity index (χ2v) is 5.30. The maximum absolute atomic E-state index is 11.0. The molecule has 0 saturated heterocycles. The Morgan fingerprint density at radius 3 is 2.26 bits per heavy atom. The number of aldehydes is 1. The van der Waals surface area contributed by atoms with E-state index in [1.54, 1.807) is 12.1 Å². The van der Waals surface area contributed by atoms with E-state index in [1.165, 1.54) is 6.92 Å². The van der Waals surface area contributed by atoms with Crippen LogP contribution in [0.3, 0.4) is 0 Å². The molecule has 1 N–H and O–H groups in total. The summed E-state index contributed by atoms with van der Waals surface area (Å²) in [4.78, 5) is 23.8. The Hall–Kier alpha value is -1.10. The highest BCUT2D eigenvalue weighted by Gasteiger charge is 2.14. The van der Waals surface area contributed by atoms with E-state index in [-0.39, 0.29) is 11.9 Å². The summed E-state index contributed by atoms with van der Waals surface area (Å²) >= 11 is 12.2. The SMILES string of the molecule is CC(=O)Nc1c(Cl)cc(CC(C=O)N(C)C)cc1Cl. The van der Waals surface area contributed by atoms with Crippen LogP contribution in [-0.4, -0.2) is 37.2 Å². The maximum Gasteiger partial charge on any atom is 0.221 e. The maximum atomic E-state index is 11.0. The number of benzene rings is 1. The quantitative estimate of drug-likeness (QED) is 0.851. The van der Waals surface area contributed by atoms with Gasteiger partial charge in [0.2, 0.25) is 5.91 Å². The average molecular weight is 303 g/mol. The molecule has 1 aromatic rings. The Morgan fingerprint density at radius 2 is 1.89 bits per heavy atom. The zero-order valence-corrected chi connectivity index (χ0v) is 12.5. The Bertz CT molecular complexity index is 467. The number of rotatable bonds is 5. The first-order chi connectivity index (χ1) is 8.85. The second kappa shape index (κ2) is 6.89. The summed E-state index contributed by atoms with van der Waals surface area (Å²) in [5.41, 5.74) is 1.24. The van der Waals surface area contributed by atoms with E-state index in [2.05, 4.69) is 5.32 Å². The van der Waals surface area contributed by atoms with Gasteiger partial charge in [-0.3, -0.25) is 9.69 Å². The molecule has 0 bridgehead atoms. The predicted molar refractivity (Wildman–Crippen MR) is 78.0 cm³/mol. The third-order valence-corrected chi connectivity index (χ3v) is 3.26. The van der Waals surface area contributed by atoms with Crippen molar-refractivity contribution < 1.29 is 9.59 Å². The van der Waals surface area contributed by atoms with Crippen molar-refractivity contribution in [3.05, 3.63) is 27.7 Å². The summed E-state index contributed by atoms with van der Waals surface area (Å²) in [7, 11) is 3.65. The van der Waals surface area contributed by atoms with Crippen molar-refractivity contribution in [1.82, 2.24) is 4.90 Å². The summed E-state index contributed by atoms with van der Waals surface area (Å²) in [6, 6.07) is 3.18. The van der Waals surface area contributed by atoms with Gasteiger partial charge in [-0.15, -0.1) is 0 Å². The van der Waals surface area contributed by atoms with Crippen molar-refractivity contribution in [2.75, 3.05) is 19.4 Å². The molecular weight excluding hydrogens is 287 g/mol. The minimum atomic E-state index is -0.240. The fourth-order valence-electron chi connectivity index (χ4n) is 1.63. The number of hydrogen-bond donors (Lipinski definition) is 1. The normalized spacial score (nSPS) is 12.3. The predicted octanol–water partition coefficient (Wildman–Crippen LogP) is 2.62. The Balaban J connectivity index is 3.00. The van der Waals surface area contributed by atoms with Gasteiger partial charge in [0.1, 0.15) is 6.29 Å². The highest BCUT2D eigenvalue weighted by molar-refractivity contribution is 6.39. The molecule has 0 fully saturated rings. The molecule has 19 heavy (non-hydrogen) atoms. The number of nitrogens with one attached hydrogen (secondary N) is 1. The first-order valence-electron chi connectivity index (χ1n) is 5.72. The lowest BCUT2D eigenvalue weighted by molar-refractivity contribution is -0.114. The minimum Gasteiger partial charge on any atom is -0.324 e. The molecule has 104 valence electrons. The van der Waals surface area contributed by atoms with Gasteiger partial charge in [-0.25, -0.2) is 0 Å². The number of carbonyl (C=O) groups is 2. The number of carbonyl (C=O) groups excluding carboxylic acids is 2. The molecule has 4 nitrogen and oxygen atoms in total. The molecule has 0 aliphatic rings. The molecule has 0 aliphatic carbocycles. The second-order valence-electron chi connectivity index (χ2n) is 4.49. The van der Waals surface area contributed by atoms with Crippen molar-refractivity contribution >= 4 is 41.1 Å². The average Bonchev–Trinajstić information content (AvgIpc) is 2.30. The third-order valence-electron chi connectivity index (χ3n) is 2.67. The Kier molecular flexibility index (Phi) is 5.79. The van der Waals surface area contributed by atoms with Gasteiger partial charge in [-0.1, -0.05) is 23.2 Å². The van der Waals surface area contributed by atoms with E-state index in [0.29, 0.717) is 22.2 Å². The molecule has 0 aromatic heterocycles. The van der Waals surface area contributed by atoms with E-state index < -0.39 is 0 Å². The van der Waals surface area contributed by atoms with Crippen LogP contribution in [0.15, 0.2) is 12.1 Å². The molecule has 1 atom stereocenters. The van der Waals surface area contributed by atoms with Crippen molar-refractivity contribution in [1.29, 1.82) is 0 Å². The Morgan fingerprint density at radius 1 is 1.37 bits per heavy atom. The first-order valence-corrected chi connectivity index (χ1v) is 6.48. The van der Waals surface area contributed by atoms with Crippen molar-refractivity contribution in [3.8, 4) is 0 Å². The number of hydrogen-bond acceptors (Lipinski definition) is 3. The summed E-state index contributed by atoms with van der Waals surface area (Å²) in [6.45, 7) is 1.38. The summed E-state index contributed by atoms with van der Waals surface area (Å²) in [6.07, 6.45) is 1.39. The van der Waals surface area contributed by atoms with Crippen LogP contribution in [0.2, 0.25) is 10.0 Å². The van der Waals surface area contributed by atoms with Gasteiger partial charge in [0.25, 0.3) is 0 Å². The molecule has 1 aromatic carbocycles. The zero-order valence-electron chi connectivity index (χ0n) is 11.0. The topological polar surface area (TPSA) is 49.4 Å². The number of likely N-dealkylation sites (N-methyl/N-ethyl adjacent to an activating group) is 1.